The Labute approximate surface area is 221 Å². The van der Waals surface area contributed by atoms with Crippen LogP contribution in [0, 0.1) is 5.82 Å². The number of piperazine rings is 1. The van der Waals surface area contributed by atoms with Crippen molar-refractivity contribution in [2.45, 2.75) is 57.5 Å². The lowest BCUT2D eigenvalue weighted by molar-refractivity contribution is 0.192. The average Bonchev–Trinajstić information content (AvgIpc) is 3.44. The van der Waals surface area contributed by atoms with Gasteiger partial charge in [0.1, 0.15) is 11.9 Å². The van der Waals surface area contributed by atoms with Gasteiger partial charge in [0.2, 0.25) is 0 Å². The Bertz CT molecular complexity index is 1450. The highest BCUT2D eigenvalue weighted by atomic mass is 19.1. The van der Waals surface area contributed by atoms with Gasteiger partial charge in [0.15, 0.2) is 5.82 Å². The fourth-order valence-electron chi connectivity index (χ4n) is 6.05. The molecule has 2 aliphatic rings. The molecule has 1 aliphatic heterocycles. The number of nitrogens with zero attached hydrogens (tertiary/aromatic N) is 6. The second kappa shape index (κ2) is 10.6. The third kappa shape index (κ3) is 4.82. The fraction of sp³-hybridized carbons (Fsp3) is 0.448. The molecule has 2 aromatic heterocycles. The van der Waals surface area contributed by atoms with Crippen LogP contribution >= 0.6 is 0 Å². The number of aromatic nitrogens is 5. The summed E-state index contributed by atoms with van der Waals surface area (Å²) < 4.78 is 15.5. The third-order valence-electron chi connectivity index (χ3n) is 8.19. The minimum Gasteiger partial charge on any atom is -0.369 e. The molecule has 0 bridgehead atoms. The topological polar surface area (TPSA) is 82.9 Å². The Morgan fingerprint density at radius 3 is 2.50 bits per heavy atom. The van der Waals surface area contributed by atoms with Crippen LogP contribution < -0.4 is 10.5 Å². The smallest absolute Gasteiger partial charge is 0.253 e. The van der Waals surface area contributed by atoms with E-state index in [4.69, 9.17) is 0 Å². The Kier molecular flexibility index (Phi) is 6.93. The van der Waals surface area contributed by atoms with Gasteiger partial charge >= 0.3 is 0 Å². The van der Waals surface area contributed by atoms with Gasteiger partial charge in [-0.25, -0.2) is 9.07 Å². The lowest BCUT2D eigenvalue weighted by Crippen LogP contribution is -2.49. The Morgan fingerprint density at radius 1 is 1.00 bits per heavy atom. The Morgan fingerprint density at radius 2 is 1.76 bits per heavy atom. The average molecular weight is 516 g/mol. The summed E-state index contributed by atoms with van der Waals surface area (Å²) in [4.78, 5) is 21.3. The first-order valence-electron chi connectivity index (χ1n) is 13.8. The number of tetrazole rings is 1. The number of hydrogen-bond acceptors (Lipinski definition) is 6. The number of halogens is 1. The number of aromatic amines is 1. The highest BCUT2D eigenvalue weighted by Gasteiger charge is 2.34. The van der Waals surface area contributed by atoms with Crippen LogP contribution in [0.1, 0.15) is 68.1 Å². The van der Waals surface area contributed by atoms with E-state index in [2.05, 4.69) is 49.4 Å². The highest BCUT2D eigenvalue weighted by Crippen LogP contribution is 2.34. The molecule has 8 nitrogen and oxygen atoms in total. The zero-order chi connectivity index (χ0) is 26.1. The van der Waals surface area contributed by atoms with E-state index in [1.807, 2.05) is 28.9 Å². The molecule has 9 heteroatoms. The second-order valence-electron chi connectivity index (χ2n) is 10.5. The molecule has 2 aromatic carbocycles. The largest absolute Gasteiger partial charge is 0.369 e. The van der Waals surface area contributed by atoms with E-state index in [1.54, 1.807) is 0 Å². The quantitative estimate of drug-likeness (QED) is 0.403. The molecule has 2 fully saturated rings. The molecule has 1 aliphatic carbocycles. The van der Waals surface area contributed by atoms with Gasteiger partial charge in [-0.1, -0.05) is 32.3 Å². The Balaban J connectivity index is 1.38. The number of H-pyrrole nitrogens is 1. The summed E-state index contributed by atoms with van der Waals surface area (Å²) in [5, 5.41) is 14.1. The molecule has 6 rings (SSSR count). The van der Waals surface area contributed by atoms with Crippen molar-refractivity contribution in [2.75, 3.05) is 31.1 Å². The van der Waals surface area contributed by atoms with Crippen LogP contribution in [-0.2, 0) is 6.42 Å². The normalized spacial score (nSPS) is 18.2. The number of hydrogen-bond donors (Lipinski definition) is 1. The number of anilines is 1. The molecule has 4 aromatic rings. The van der Waals surface area contributed by atoms with E-state index in [0.29, 0.717) is 5.56 Å². The van der Waals surface area contributed by atoms with Crippen LogP contribution in [0.25, 0.3) is 10.9 Å². The highest BCUT2D eigenvalue weighted by molar-refractivity contribution is 5.80. The monoisotopic (exact) mass is 515 g/mol. The summed E-state index contributed by atoms with van der Waals surface area (Å²) in [7, 11) is 0. The molecule has 0 radical (unpaired) electrons. The molecule has 0 amide bonds. The maximum absolute atomic E-state index is 13.6. The predicted octanol–water partition coefficient (Wildman–Crippen LogP) is 4.63. The molecular formula is C29H34FN7O. The van der Waals surface area contributed by atoms with Gasteiger partial charge in [0.05, 0.1) is 6.04 Å². The number of rotatable bonds is 6. The van der Waals surface area contributed by atoms with Crippen molar-refractivity contribution >= 4 is 16.6 Å². The maximum Gasteiger partial charge on any atom is 0.253 e. The second-order valence-corrected chi connectivity index (χ2v) is 10.5. The zero-order valence-corrected chi connectivity index (χ0v) is 21.8. The number of nitrogens with one attached hydrogen (secondary N) is 1. The molecule has 0 unspecified atom stereocenters. The first-order chi connectivity index (χ1) is 18.6. The maximum atomic E-state index is 13.6. The third-order valence-corrected chi connectivity index (χ3v) is 8.19. The standard InChI is InChI=1S/C29H34FN7O/c1-2-20-8-13-26-21(18-20)19-25(29(38)31-26)27(28-32-33-34-37(28)24-6-4-3-5-7-24)36-16-14-35(15-17-36)23-11-9-22(30)10-12-23/h8-13,18-19,24,27H,2-7,14-17H2,1H3,(H,31,38)/t27-/m0/s1. The minimum absolute atomic E-state index is 0.106. The zero-order valence-electron chi connectivity index (χ0n) is 21.8. The van der Waals surface area contributed by atoms with Crippen molar-refractivity contribution < 1.29 is 4.39 Å². The van der Waals surface area contributed by atoms with Crippen molar-refractivity contribution in [3.8, 4) is 0 Å². The van der Waals surface area contributed by atoms with Gasteiger partial charge < -0.3 is 9.88 Å². The molecule has 1 N–H and O–H groups in total. The molecule has 0 spiro atoms. The summed E-state index contributed by atoms with van der Waals surface area (Å²) in [6.07, 6.45) is 6.61. The van der Waals surface area contributed by atoms with Gasteiger partial charge in [-0.2, -0.15) is 0 Å². The summed E-state index contributed by atoms with van der Waals surface area (Å²) in [6, 6.07) is 14.8. The first kappa shape index (κ1) is 24.7. The van der Waals surface area contributed by atoms with Gasteiger partial charge in [0.25, 0.3) is 5.56 Å². The van der Waals surface area contributed by atoms with Gasteiger partial charge in [-0.3, -0.25) is 9.69 Å². The number of fused-ring (bicyclic) bond motifs is 1. The molecule has 3 heterocycles. The molecule has 1 saturated carbocycles. The van der Waals surface area contributed by atoms with E-state index < -0.39 is 0 Å². The number of benzene rings is 2. The van der Waals surface area contributed by atoms with Gasteiger partial charge in [-0.05, 0) is 83.1 Å². The van der Waals surface area contributed by atoms with E-state index >= 15 is 0 Å². The van der Waals surface area contributed by atoms with Crippen LogP contribution in [0.5, 0.6) is 0 Å². The van der Waals surface area contributed by atoms with Crippen LogP contribution in [0.3, 0.4) is 0 Å². The van der Waals surface area contributed by atoms with Gasteiger partial charge in [-0.15, -0.1) is 5.10 Å². The molecule has 1 atom stereocenters. The summed E-state index contributed by atoms with van der Waals surface area (Å²) in [5.41, 5.74) is 3.64. The van der Waals surface area contributed by atoms with Crippen LogP contribution in [0.2, 0.25) is 0 Å². The van der Waals surface area contributed by atoms with Crippen LogP contribution in [0.4, 0.5) is 10.1 Å². The van der Waals surface area contributed by atoms with Crippen LogP contribution in [0.15, 0.2) is 53.3 Å². The van der Waals surface area contributed by atoms with Crippen molar-refractivity contribution in [1.29, 1.82) is 0 Å². The van der Waals surface area contributed by atoms with Crippen LogP contribution in [-0.4, -0.2) is 56.3 Å². The number of aryl methyl sites for hydroxylation is 1. The van der Waals surface area contributed by atoms with Gasteiger partial charge in [0, 0.05) is 42.9 Å². The van der Waals surface area contributed by atoms with E-state index in [9.17, 15) is 9.18 Å². The summed E-state index contributed by atoms with van der Waals surface area (Å²) >= 11 is 0. The van der Waals surface area contributed by atoms with E-state index in [-0.39, 0.29) is 23.5 Å². The van der Waals surface area contributed by atoms with E-state index in [1.165, 1.54) is 37.0 Å². The molecule has 198 valence electrons. The summed E-state index contributed by atoms with van der Waals surface area (Å²) in [5.74, 6) is 0.507. The lowest BCUT2D eigenvalue weighted by atomic mass is 9.95. The molecular weight excluding hydrogens is 481 g/mol. The fourth-order valence-corrected chi connectivity index (χ4v) is 6.05. The summed E-state index contributed by atoms with van der Waals surface area (Å²) in [6.45, 7) is 5.12. The van der Waals surface area contributed by atoms with Crippen molar-refractivity contribution in [3.05, 3.63) is 81.7 Å². The van der Waals surface area contributed by atoms with Crippen molar-refractivity contribution in [1.82, 2.24) is 30.1 Å². The lowest BCUT2D eigenvalue weighted by Gasteiger charge is -2.40. The van der Waals surface area contributed by atoms with E-state index in [0.717, 1.165) is 67.9 Å². The van der Waals surface area contributed by atoms with Crippen molar-refractivity contribution in [2.24, 2.45) is 0 Å². The number of pyridine rings is 1. The predicted molar refractivity (Wildman–Crippen MR) is 146 cm³/mol. The molecule has 38 heavy (non-hydrogen) atoms. The Hall–Kier alpha value is -3.59. The molecule has 1 saturated heterocycles. The minimum atomic E-state index is -0.360. The van der Waals surface area contributed by atoms with Crippen molar-refractivity contribution in [3.63, 3.8) is 0 Å². The first-order valence-corrected chi connectivity index (χ1v) is 13.8. The SMILES string of the molecule is CCc1ccc2[nH]c(=O)c([C@@H](c3nnnn3C3CCCCC3)N3CCN(c4ccc(F)cc4)CC3)cc2c1.